The van der Waals surface area contributed by atoms with Gasteiger partial charge in [0.1, 0.15) is 5.76 Å². The van der Waals surface area contributed by atoms with Gasteiger partial charge in [-0.25, -0.2) is 0 Å². The standard InChI is InChI=1S/C18H14O/c19-18-16-8-4-3-7-14(16)11-17(18)15-9-12-5-1-2-6-13(12)10-15/h1-9,19H,10-11H2. The fourth-order valence-corrected chi connectivity index (χ4v) is 3.08. The molecule has 0 atom stereocenters. The SMILES string of the molecule is OC1=C(C2=Cc3ccccc3C2)Cc2ccccc21. The first kappa shape index (κ1) is 10.6. The van der Waals surface area contributed by atoms with Crippen molar-refractivity contribution in [3.05, 3.63) is 81.9 Å². The molecule has 0 unspecified atom stereocenters. The van der Waals surface area contributed by atoms with Crippen molar-refractivity contribution in [3.63, 3.8) is 0 Å². The maximum atomic E-state index is 10.4. The Balaban J connectivity index is 1.76. The lowest BCUT2D eigenvalue weighted by molar-refractivity contribution is 0.510. The van der Waals surface area contributed by atoms with Gasteiger partial charge in [0.25, 0.3) is 0 Å². The Morgan fingerprint density at radius 1 is 0.789 bits per heavy atom. The second kappa shape index (κ2) is 3.86. The summed E-state index contributed by atoms with van der Waals surface area (Å²) in [5.74, 6) is 0.467. The normalized spacial score (nSPS) is 16.3. The molecule has 0 aliphatic heterocycles. The second-order valence-electron chi connectivity index (χ2n) is 5.21. The molecule has 0 saturated carbocycles. The van der Waals surface area contributed by atoms with Gasteiger partial charge in [-0.15, -0.1) is 0 Å². The van der Waals surface area contributed by atoms with E-state index in [0.717, 1.165) is 24.0 Å². The summed E-state index contributed by atoms with van der Waals surface area (Å²) in [4.78, 5) is 0. The van der Waals surface area contributed by atoms with Crippen LogP contribution in [0.1, 0.15) is 22.3 Å². The molecular formula is C18H14O. The van der Waals surface area contributed by atoms with E-state index < -0.39 is 0 Å². The average Bonchev–Trinajstić information content (AvgIpc) is 3.00. The second-order valence-corrected chi connectivity index (χ2v) is 5.21. The van der Waals surface area contributed by atoms with Crippen LogP contribution in [0.15, 0.2) is 59.7 Å². The first-order valence-corrected chi connectivity index (χ1v) is 6.62. The predicted octanol–water partition coefficient (Wildman–Crippen LogP) is 4.15. The van der Waals surface area contributed by atoms with Gasteiger partial charge in [0.15, 0.2) is 0 Å². The minimum Gasteiger partial charge on any atom is -0.507 e. The molecule has 1 heteroatoms. The summed E-state index contributed by atoms with van der Waals surface area (Å²) in [7, 11) is 0. The number of hydrogen-bond donors (Lipinski definition) is 1. The van der Waals surface area contributed by atoms with Crippen LogP contribution < -0.4 is 0 Å². The van der Waals surface area contributed by atoms with E-state index in [9.17, 15) is 5.11 Å². The van der Waals surface area contributed by atoms with Crippen LogP contribution in [-0.2, 0) is 12.8 Å². The molecule has 0 fully saturated rings. The molecule has 0 bridgehead atoms. The lowest BCUT2D eigenvalue weighted by Gasteiger charge is -2.03. The largest absolute Gasteiger partial charge is 0.507 e. The molecular weight excluding hydrogens is 232 g/mol. The van der Waals surface area contributed by atoms with Crippen LogP contribution in [0.2, 0.25) is 0 Å². The van der Waals surface area contributed by atoms with Gasteiger partial charge >= 0.3 is 0 Å². The fourth-order valence-electron chi connectivity index (χ4n) is 3.08. The third-order valence-corrected chi connectivity index (χ3v) is 4.08. The van der Waals surface area contributed by atoms with Crippen LogP contribution in [-0.4, -0.2) is 5.11 Å². The van der Waals surface area contributed by atoms with Gasteiger partial charge in [-0.3, -0.25) is 0 Å². The molecule has 92 valence electrons. The minimum atomic E-state index is 0.467. The number of rotatable bonds is 1. The molecule has 0 spiro atoms. The van der Waals surface area contributed by atoms with Crippen molar-refractivity contribution in [3.8, 4) is 0 Å². The smallest absolute Gasteiger partial charge is 0.126 e. The Morgan fingerprint density at radius 2 is 1.53 bits per heavy atom. The van der Waals surface area contributed by atoms with E-state index in [1.165, 1.54) is 22.3 Å². The summed E-state index contributed by atoms with van der Waals surface area (Å²) in [6.45, 7) is 0. The molecule has 1 nitrogen and oxygen atoms in total. The number of hydrogen-bond acceptors (Lipinski definition) is 1. The Morgan fingerprint density at radius 3 is 2.32 bits per heavy atom. The van der Waals surface area contributed by atoms with Crippen molar-refractivity contribution in [1.29, 1.82) is 0 Å². The minimum absolute atomic E-state index is 0.467. The number of fused-ring (bicyclic) bond motifs is 2. The molecule has 2 aliphatic rings. The molecule has 4 rings (SSSR count). The lowest BCUT2D eigenvalue weighted by Crippen LogP contribution is -1.92. The molecule has 0 amide bonds. The first-order valence-electron chi connectivity index (χ1n) is 6.62. The van der Waals surface area contributed by atoms with Crippen molar-refractivity contribution in [2.24, 2.45) is 0 Å². The highest BCUT2D eigenvalue weighted by atomic mass is 16.3. The van der Waals surface area contributed by atoms with Gasteiger partial charge in [0.2, 0.25) is 0 Å². The van der Waals surface area contributed by atoms with Gasteiger partial charge in [0.05, 0.1) is 0 Å². The average molecular weight is 246 g/mol. The highest BCUT2D eigenvalue weighted by Crippen LogP contribution is 2.39. The lowest BCUT2D eigenvalue weighted by atomic mass is 10.0. The van der Waals surface area contributed by atoms with E-state index in [1.807, 2.05) is 18.2 Å². The van der Waals surface area contributed by atoms with Crippen molar-refractivity contribution >= 4 is 11.8 Å². The highest BCUT2D eigenvalue weighted by molar-refractivity contribution is 5.80. The molecule has 2 aromatic rings. The van der Waals surface area contributed by atoms with Gasteiger partial charge in [-0.05, 0) is 28.7 Å². The molecule has 19 heavy (non-hydrogen) atoms. The van der Waals surface area contributed by atoms with E-state index in [1.54, 1.807) is 0 Å². The molecule has 0 radical (unpaired) electrons. The number of benzene rings is 2. The van der Waals surface area contributed by atoms with Crippen molar-refractivity contribution < 1.29 is 5.11 Å². The van der Waals surface area contributed by atoms with Crippen molar-refractivity contribution in [2.75, 3.05) is 0 Å². The molecule has 2 aliphatic carbocycles. The maximum absolute atomic E-state index is 10.4. The van der Waals surface area contributed by atoms with Crippen LogP contribution in [0.25, 0.3) is 11.8 Å². The van der Waals surface area contributed by atoms with E-state index in [4.69, 9.17) is 0 Å². The summed E-state index contributed by atoms with van der Waals surface area (Å²) in [5.41, 5.74) is 7.22. The van der Waals surface area contributed by atoms with Gasteiger partial charge in [0, 0.05) is 17.6 Å². The zero-order chi connectivity index (χ0) is 12.8. The first-order chi connectivity index (χ1) is 9.33. The predicted molar refractivity (Wildman–Crippen MR) is 77.8 cm³/mol. The summed E-state index contributed by atoms with van der Waals surface area (Å²) >= 11 is 0. The van der Waals surface area contributed by atoms with Crippen LogP contribution in [0.5, 0.6) is 0 Å². The third-order valence-electron chi connectivity index (χ3n) is 4.08. The topological polar surface area (TPSA) is 20.2 Å². The zero-order valence-electron chi connectivity index (χ0n) is 10.6. The zero-order valence-corrected chi connectivity index (χ0v) is 10.6. The van der Waals surface area contributed by atoms with Crippen molar-refractivity contribution in [2.45, 2.75) is 12.8 Å². The van der Waals surface area contributed by atoms with Crippen LogP contribution in [0, 0.1) is 0 Å². The van der Waals surface area contributed by atoms with E-state index in [-0.39, 0.29) is 0 Å². The number of allylic oxidation sites excluding steroid dienone is 2. The molecule has 0 saturated heterocycles. The van der Waals surface area contributed by atoms with Crippen molar-refractivity contribution in [1.82, 2.24) is 0 Å². The Hall–Kier alpha value is -2.28. The Labute approximate surface area is 112 Å². The highest BCUT2D eigenvalue weighted by Gasteiger charge is 2.25. The molecule has 2 aromatic carbocycles. The Bertz CT molecular complexity index is 735. The summed E-state index contributed by atoms with van der Waals surface area (Å²) < 4.78 is 0. The quantitative estimate of drug-likeness (QED) is 0.801. The van der Waals surface area contributed by atoms with E-state index in [2.05, 4.69) is 36.4 Å². The molecule has 0 heterocycles. The van der Waals surface area contributed by atoms with E-state index >= 15 is 0 Å². The maximum Gasteiger partial charge on any atom is 0.126 e. The Kier molecular flexibility index (Phi) is 2.16. The molecule has 1 N–H and O–H groups in total. The van der Waals surface area contributed by atoms with Crippen LogP contribution in [0.4, 0.5) is 0 Å². The molecule has 0 aromatic heterocycles. The van der Waals surface area contributed by atoms with Gasteiger partial charge in [-0.1, -0.05) is 54.6 Å². The summed E-state index contributed by atoms with van der Waals surface area (Å²) in [5, 5.41) is 10.4. The third kappa shape index (κ3) is 1.55. The number of aliphatic hydroxyl groups excluding tert-OH is 1. The van der Waals surface area contributed by atoms with E-state index in [0.29, 0.717) is 5.76 Å². The summed E-state index contributed by atoms with van der Waals surface area (Å²) in [6, 6.07) is 16.6. The van der Waals surface area contributed by atoms with Crippen LogP contribution >= 0.6 is 0 Å². The van der Waals surface area contributed by atoms with Crippen LogP contribution in [0.3, 0.4) is 0 Å². The summed E-state index contributed by atoms with van der Waals surface area (Å²) in [6.07, 6.45) is 4.00. The van der Waals surface area contributed by atoms with Gasteiger partial charge < -0.3 is 5.11 Å². The number of aliphatic hydroxyl groups is 1. The monoisotopic (exact) mass is 246 g/mol. The van der Waals surface area contributed by atoms with Gasteiger partial charge in [-0.2, -0.15) is 0 Å². The fraction of sp³-hybridized carbons (Fsp3) is 0.111.